The van der Waals surface area contributed by atoms with Gasteiger partial charge in [-0.1, -0.05) is 13.3 Å². The van der Waals surface area contributed by atoms with Gasteiger partial charge >= 0.3 is 0 Å². The van der Waals surface area contributed by atoms with Gasteiger partial charge in [0.05, 0.1) is 0 Å². The molecule has 0 unspecified atom stereocenters. The Morgan fingerprint density at radius 2 is 2.57 bits per heavy atom. The Morgan fingerprint density at radius 3 is 3.00 bits per heavy atom. The van der Waals surface area contributed by atoms with Crippen LogP contribution in [-0.2, 0) is 4.79 Å². The summed E-state index contributed by atoms with van der Waals surface area (Å²) in [5, 5.41) is 0. The molecule has 0 saturated heterocycles. The topological polar surface area (TPSA) is 29.4 Å². The predicted molar refractivity (Wildman–Crippen MR) is 31.8 cm³/mol. The van der Waals surface area contributed by atoms with E-state index in [4.69, 9.17) is 0 Å². The molecule has 3 heteroatoms. The zero-order valence-corrected chi connectivity index (χ0v) is 5.89. The van der Waals surface area contributed by atoms with Gasteiger partial charge in [0.15, 0.2) is 9.68 Å². The van der Waals surface area contributed by atoms with Gasteiger partial charge in [-0.05, 0) is 6.04 Å². The summed E-state index contributed by atoms with van der Waals surface area (Å²) in [6.07, 6.45) is 2.69. The smallest absolute Gasteiger partial charge is 0.224 e. The fourth-order valence-corrected chi connectivity index (χ4v) is 0.848. The number of hydrogen-bond donors (Lipinski definition) is 0. The molecule has 0 atom stereocenters. The largest absolute Gasteiger partial charge is 0.256 e. The van der Waals surface area contributed by atoms with Crippen LogP contribution in [0.3, 0.4) is 0 Å². The quantitative estimate of drug-likeness (QED) is 0.224. The summed E-state index contributed by atoms with van der Waals surface area (Å²) in [6.45, 7) is 2.09. The minimum Gasteiger partial charge on any atom is -0.256 e. The second kappa shape index (κ2) is 5.60. The summed E-state index contributed by atoms with van der Waals surface area (Å²) in [5.74, 6) is 0. The summed E-state index contributed by atoms with van der Waals surface area (Å²) in [4.78, 5) is 9.42. The molecule has 0 rings (SSSR count). The molecule has 0 fully saturated rings. The molecule has 0 aromatic heterocycles. The zero-order valence-electron chi connectivity index (χ0n) is 4.48. The normalized spacial score (nSPS) is 9.29. The molecule has 0 aliphatic heterocycles. The predicted octanol–water partition coefficient (Wildman–Crippen LogP) is 0.234. The maximum Gasteiger partial charge on any atom is 0.224 e. The van der Waals surface area contributed by atoms with Crippen LogP contribution in [0.25, 0.3) is 0 Å². The molecule has 40 valence electrons. The monoisotopic (exact) mass is 115 g/mol. The molecule has 0 aliphatic carbocycles. The first-order chi connectivity index (χ1) is 3.41. The van der Waals surface area contributed by atoms with Crippen LogP contribution < -0.4 is 0 Å². The zero-order chi connectivity index (χ0) is 5.54. The third kappa shape index (κ3) is 5.60. The fourth-order valence-electron chi connectivity index (χ4n) is 0.283. The Kier molecular flexibility index (Phi) is 5.27. The molecule has 0 aliphatic rings. The molecule has 2 nitrogen and oxygen atoms in total. The van der Waals surface area contributed by atoms with Crippen molar-refractivity contribution >= 4 is 15.8 Å². The molecule has 7 heavy (non-hydrogen) atoms. The van der Waals surface area contributed by atoms with Crippen LogP contribution in [0, 0.1) is 0 Å². The first kappa shape index (κ1) is 6.60. The molecule has 0 spiro atoms. The molecular formula is C4H9NOSi. The third-order valence-corrected chi connectivity index (χ3v) is 2.06. The van der Waals surface area contributed by atoms with Crippen LogP contribution >= 0.6 is 0 Å². The van der Waals surface area contributed by atoms with E-state index in [2.05, 4.69) is 11.6 Å². The van der Waals surface area contributed by atoms with E-state index < -0.39 is 0 Å². The highest BCUT2D eigenvalue weighted by molar-refractivity contribution is 6.34. The molecule has 0 bridgehead atoms. The van der Waals surface area contributed by atoms with Crippen molar-refractivity contribution in [2.24, 2.45) is 4.66 Å². The Balaban J connectivity index is 2.83. The Labute approximate surface area is 45.5 Å². The molecule has 0 saturated carbocycles. The Hall–Kier alpha value is -0.403. The molecule has 0 heterocycles. The standard InChI is InChI=1S/C4H9NOSi/c1-2-3-7-5-4-6/h2-3,7H2,1H3. The van der Waals surface area contributed by atoms with Crippen LogP contribution in [0.4, 0.5) is 0 Å². The van der Waals surface area contributed by atoms with Gasteiger partial charge in [-0.15, -0.1) is 0 Å². The number of rotatable bonds is 3. The first-order valence-electron chi connectivity index (χ1n) is 2.45. The number of isocyanates is 1. The number of hydrogen-bond acceptors (Lipinski definition) is 2. The van der Waals surface area contributed by atoms with Crippen LogP contribution in [0.15, 0.2) is 4.66 Å². The fraction of sp³-hybridized carbons (Fsp3) is 0.750. The third-order valence-electron chi connectivity index (χ3n) is 0.688. The maximum absolute atomic E-state index is 9.42. The van der Waals surface area contributed by atoms with Gasteiger partial charge in [-0.2, -0.15) is 0 Å². The van der Waals surface area contributed by atoms with Crippen LogP contribution in [0.5, 0.6) is 0 Å². The molecule has 0 radical (unpaired) electrons. The van der Waals surface area contributed by atoms with E-state index >= 15 is 0 Å². The lowest BCUT2D eigenvalue weighted by atomic mass is 10.6. The van der Waals surface area contributed by atoms with E-state index in [1.165, 1.54) is 6.08 Å². The second-order valence-electron chi connectivity index (χ2n) is 1.33. The van der Waals surface area contributed by atoms with Crippen molar-refractivity contribution in [2.75, 3.05) is 0 Å². The van der Waals surface area contributed by atoms with E-state index in [-0.39, 0.29) is 9.68 Å². The molecule has 0 aromatic rings. The minimum atomic E-state index is -0.387. The average molecular weight is 115 g/mol. The minimum absolute atomic E-state index is 0.387. The van der Waals surface area contributed by atoms with Crippen molar-refractivity contribution in [3.8, 4) is 0 Å². The van der Waals surface area contributed by atoms with Crippen molar-refractivity contribution in [1.29, 1.82) is 0 Å². The number of carbonyl (C=O) groups excluding carboxylic acids is 1. The SMILES string of the molecule is CCC[SiH2]N=C=O. The van der Waals surface area contributed by atoms with Crippen molar-refractivity contribution < 1.29 is 4.79 Å². The van der Waals surface area contributed by atoms with Crippen molar-refractivity contribution in [3.05, 3.63) is 0 Å². The highest BCUT2D eigenvalue weighted by Crippen LogP contribution is 1.82. The number of nitrogens with zero attached hydrogens (tertiary/aromatic N) is 1. The lowest BCUT2D eigenvalue weighted by Gasteiger charge is -1.79. The highest BCUT2D eigenvalue weighted by atomic mass is 28.2. The molecule has 0 aromatic carbocycles. The summed E-state index contributed by atoms with van der Waals surface area (Å²) < 4.78 is 3.49. The molecule has 0 N–H and O–H groups in total. The van der Waals surface area contributed by atoms with Crippen LogP contribution in [0.2, 0.25) is 6.04 Å². The Bertz CT molecular complexity index is 77.8. The van der Waals surface area contributed by atoms with Crippen molar-refractivity contribution in [1.82, 2.24) is 0 Å². The van der Waals surface area contributed by atoms with Crippen LogP contribution in [-0.4, -0.2) is 15.8 Å². The van der Waals surface area contributed by atoms with E-state index in [1.54, 1.807) is 0 Å². The van der Waals surface area contributed by atoms with Crippen molar-refractivity contribution in [3.63, 3.8) is 0 Å². The highest BCUT2D eigenvalue weighted by Gasteiger charge is 1.76. The first-order valence-corrected chi connectivity index (χ1v) is 4.08. The van der Waals surface area contributed by atoms with Gasteiger partial charge in [0, 0.05) is 0 Å². The van der Waals surface area contributed by atoms with Crippen molar-refractivity contribution in [2.45, 2.75) is 19.4 Å². The second-order valence-corrected chi connectivity index (χ2v) is 2.80. The van der Waals surface area contributed by atoms with E-state index in [0.29, 0.717) is 0 Å². The van der Waals surface area contributed by atoms with Gasteiger partial charge in [0.1, 0.15) is 0 Å². The summed E-state index contributed by atoms with van der Waals surface area (Å²) in [5.41, 5.74) is 0. The summed E-state index contributed by atoms with van der Waals surface area (Å²) >= 11 is 0. The average Bonchev–Trinajstić information content (AvgIpc) is 1.69. The van der Waals surface area contributed by atoms with Gasteiger partial charge in [0.2, 0.25) is 6.08 Å². The van der Waals surface area contributed by atoms with Gasteiger partial charge in [-0.25, -0.2) is 4.79 Å². The van der Waals surface area contributed by atoms with Gasteiger partial charge in [-0.3, -0.25) is 4.66 Å². The van der Waals surface area contributed by atoms with Gasteiger partial charge in [0.25, 0.3) is 0 Å². The van der Waals surface area contributed by atoms with E-state index in [1.807, 2.05) is 0 Å². The molecular weight excluding hydrogens is 106 g/mol. The van der Waals surface area contributed by atoms with Gasteiger partial charge < -0.3 is 0 Å². The summed E-state index contributed by atoms with van der Waals surface area (Å²) in [7, 11) is -0.387. The van der Waals surface area contributed by atoms with E-state index in [9.17, 15) is 4.79 Å². The lowest BCUT2D eigenvalue weighted by Crippen LogP contribution is -1.79. The summed E-state index contributed by atoms with van der Waals surface area (Å²) in [6, 6.07) is 1.13. The van der Waals surface area contributed by atoms with E-state index in [0.717, 1.165) is 12.5 Å². The lowest BCUT2D eigenvalue weighted by molar-refractivity contribution is 0.566. The van der Waals surface area contributed by atoms with Crippen LogP contribution in [0.1, 0.15) is 13.3 Å². The maximum atomic E-state index is 9.42. The Morgan fingerprint density at radius 1 is 1.86 bits per heavy atom. The molecule has 0 amide bonds.